The first kappa shape index (κ1) is 24.6. The van der Waals surface area contributed by atoms with Crippen molar-refractivity contribution in [3.63, 3.8) is 0 Å². The molecule has 6 nitrogen and oxygen atoms in total. The Hall–Kier alpha value is -2.00. The Balaban J connectivity index is 1.84. The largest absolute Gasteiger partial charge is 0.309 e. The smallest absolute Gasteiger partial charge is 0.233 e. The molecule has 1 heterocycles. The fourth-order valence-electron chi connectivity index (χ4n) is 3.23. The van der Waals surface area contributed by atoms with Crippen LogP contribution >= 0.6 is 22.9 Å². The summed E-state index contributed by atoms with van der Waals surface area (Å²) >= 11 is 7.73. The topological polar surface area (TPSA) is 70.6 Å². The molecule has 0 fully saturated rings. The molecule has 1 aromatic heterocycles. The number of anilines is 1. The summed E-state index contributed by atoms with van der Waals surface area (Å²) < 4.78 is 25.6. The number of carbonyl (C=O) groups is 1. The van der Waals surface area contributed by atoms with Crippen LogP contribution in [-0.2, 0) is 21.1 Å². The van der Waals surface area contributed by atoms with E-state index in [1.807, 2.05) is 26.2 Å². The molecule has 0 aliphatic heterocycles. The molecule has 2 aromatic carbocycles. The van der Waals surface area contributed by atoms with E-state index in [0.717, 1.165) is 23.2 Å². The first-order valence-corrected chi connectivity index (χ1v) is 13.2. The van der Waals surface area contributed by atoms with E-state index in [-0.39, 0.29) is 17.2 Å². The predicted octanol–water partition coefficient (Wildman–Crippen LogP) is 4.66. The Morgan fingerprint density at radius 1 is 1.09 bits per heavy atom. The minimum absolute atomic E-state index is 0.0848. The summed E-state index contributed by atoms with van der Waals surface area (Å²) in [7, 11) is 0.651. The fourth-order valence-corrected chi connectivity index (χ4v) is 5.60. The average molecular weight is 494 g/mol. The van der Waals surface area contributed by atoms with Gasteiger partial charge < -0.3 is 4.90 Å². The first-order chi connectivity index (χ1) is 15.1. The van der Waals surface area contributed by atoms with Gasteiger partial charge in [-0.2, -0.15) is 0 Å². The average Bonchev–Trinajstić information content (AvgIpc) is 3.16. The highest BCUT2D eigenvalue weighted by molar-refractivity contribution is 7.92. The lowest BCUT2D eigenvalue weighted by atomic mass is 10.1. The monoisotopic (exact) mass is 493 g/mol. The van der Waals surface area contributed by atoms with Gasteiger partial charge in [0.25, 0.3) is 0 Å². The summed E-state index contributed by atoms with van der Waals surface area (Å²) in [5, 5.41) is 0.691. The van der Waals surface area contributed by atoms with E-state index in [1.165, 1.54) is 11.3 Å². The molecule has 1 amide bonds. The number of thiazole rings is 1. The molecule has 3 rings (SSSR count). The molecule has 0 bridgehead atoms. The minimum Gasteiger partial charge on any atom is -0.309 e. The number of sulfone groups is 1. The standard InChI is InChI=1S/C23H28ClN3O3S2/c1-16(2)32(29,30)18-11-9-17(10-12-18)15-21(28)27(14-6-13-26(3)4)23-25-22-19(24)7-5-8-20(22)31-23/h5,7-12,16H,6,13-15H2,1-4H3. The van der Waals surface area contributed by atoms with Crippen LogP contribution in [0.1, 0.15) is 25.8 Å². The van der Waals surface area contributed by atoms with Gasteiger partial charge in [-0.3, -0.25) is 9.69 Å². The second-order valence-corrected chi connectivity index (χ2v) is 12.1. The Bertz CT molecular complexity index is 1190. The number of aromatic nitrogens is 1. The van der Waals surface area contributed by atoms with Crippen molar-refractivity contribution in [2.75, 3.05) is 32.1 Å². The van der Waals surface area contributed by atoms with Crippen molar-refractivity contribution in [2.45, 2.75) is 36.8 Å². The van der Waals surface area contributed by atoms with Crippen molar-refractivity contribution in [1.29, 1.82) is 0 Å². The summed E-state index contributed by atoms with van der Waals surface area (Å²) in [6.07, 6.45) is 0.960. The van der Waals surface area contributed by atoms with Crippen molar-refractivity contribution in [2.24, 2.45) is 0 Å². The van der Waals surface area contributed by atoms with E-state index in [1.54, 1.807) is 49.1 Å². The zero-order valence-electron chi connectivity index (χ0n) is 18.7. The summed E-state index contributed by atoms with van der Waals surface area (Å²) in [6.45, 7) is 4.69. The molecule has 0 N–H and O–H groups in total. The molecule has 0 aliphatic carbocycles. The zero-order valence-corrected chi connectivity index (χ0v) is 21.1. The van der Waals surface area contributed by atoms with Crippen LogP contribution in [0.5, 0.6) is 0 Å². The van der Waals surface area contributed by atoms with Gasteiger partial charge in [0, 0.05) is 6.54 Å². The lowest BCUT2D eigenvalue weighted by molar-refractivity contribution is -0.118. The number of para-hydroxylation sites is 1. The van der Waals surface area contributed by atoms with Crippen molar-refractivity contribution in [3.8, 4) is 0 Å². The second-order valence-electron chi connectivity index (χ2n) is 8.20. The number of rotatable bonds is 9. The molecule has 0 aliphatic rings. The molecular weight excluding hydrogens is 466 g/mol. The lowest BCUT2D eigenvalue weighted by Crippen LogP contribution is -2.34. The minimum atomic E-state index is -3.34. The molecule has 0 saturated heterocycles. The molecule has 0 radical (unpaired) electrons. The van der Waals surface area contributed by atoms with Crippen LogP contribution in [0, 0.1) is 0 Å². The van der Waals surface area contributed by atoms with Gasteiger partial charge in [0.2, 0.25) is 5.91 Å². The number of hydrogen-bond acceptors (Lipinski definition) is 6. The number of fused-ring (bicyclic) bond motifs is 1. The summed E-state index contributed by atoms with van der Waals surface area (Å²) in [5.74, 6) is -0.0848. The van der Waals surface area contributed by atoms with Crippen LogP contribution in [-0.4, -0.2) is 56.6 Å². The molecule has 9 heteroatoms. The van der Waals surface area contributed by atoms with Crippen LogP contribution in [0.25, 0.3) is 10.2 Å². The van der Waals surface area contributed by atoms with Crippen LogP contribution in [0.2, 0.25) is 5.02 Å². The highest BCUT2D eigenvalue weighted by atomic mass is 35.5. The van der Waals surface area contributed by atoms with Gasteiger partial charge in [0.05, 0.1) is 26.3 Å². The third kappa shape index (κ3) is 5.67. The highest BCUT2D eigenvalue weighted by Crippen LogP contribution is 2.33. The van der Waals surface area contributed by atoms with Crippen LogP contribution in [0.4, 0.5) is 5.13 Å². The number of amides is 1. The van der Waals surface area contributed by atoms with Gasteiger partial charge in [0.1, 0.15) is 5.52 Å². The third-order valence-corrected chi connectivity index (χ3v) is 8.62. The van der Waals surface area contributed by atoms with E-state index >= 15 is 0 Å². The van der Waals surface area contributed by atoms with E-state index in [9.17, 15) is 13.2 Å². The van der Waals surface area contributed by atoms with E-state index in [0.29, 0.717) is 22.2 Å². The van der Waals surface area contributed by atoms with Crippen LogP contribution in [0.3, 0.4) is 0 Å². The van der Waals surface area contributed by atoms with Crippen molar-refractivity contribution in [1.82, 2.24) is 9.88 Å². The second kappa shape index (κ2) is 10.3. The third-order valence-electron chi connectivity index (χ3n) is 5.11. The van der Waals surface area contributed by atoms with Gasteiger partial charge in [0.15, 0.2) is 15.0 Å². The first-order valence-electron chi connectivity index (χ1n) is 10.4. The Kier molecular flexibility index (Phi) is 7.92. The molecule has 0 unspecified atom stereocenters. The van der Waals surface area contributed by atoms with Crippen molar-refractivity contribution < 1.29 is 13.2 Å². The molecule has 0 atom stereocenters. The number of hydrogen-bond donors (Lipinski definition) is 0. The van der Waals surface area contributed by atoms with Gasteiger partial charge in [-0.25, -0.2) is 13.4 Å². The van der Waals surface area contributed by atoms with Gasteiger partial charge >= 0.3 is 0 Å². The van der Waals surface area contributed by atoms with Crippen molar-refractivity contribution >= 4 is 54.0 Å². The maximum atomic E-state index is 13.3. The maximum Gasteiger partial charge on any atom is 0.233 e. The highest BCUT2D eigenvalue weighted by Gasteiger charge is 2.22. The molecule has 3 aromatic rings. The van der Waals surface area contributed by atoms with Gasteiger partial charge in [-0.1, -0.05) is 41.1 Å². The van der Waals surface area contributed by atoms with Crippen LogP contribution < -0.4 is 4.90 Å². The van der Waals surface area contributed by atoms with Gasteiger partial charge in [-0.15, -0.1) is 0 Å². The Labute approximate surface area is 198 Å². The number of benzene rings is 2. The molecule has 0 spiro atoms. The number of carbonyl (C=O) groups excluding carboxylic acids is 1. The van der Waals surface area contributed by atoms with E-state index in [2.05, 4.69) is 9.88 Å². The van der Waals surface area contributed by atoms with E-state index < -0.39 is 15.1 Å². The number of halogens is 1. The quantitative estimate of drug-likeness (QED) is 0.433. The molecule has 32 heavy (non-hydrogen) atoms. The molecule has 0 saturated carbocycles. The summed E-state index contributed by atoms with van der Waals surface area (Å²) in [6, 6.07) is 12.2. The fraction of sp³-hybridized carbons (Fsp3) is 0.391. The summed E-state index contributed by atoms with van der Waals surface area (Å²) in [4.78, 5) is 22.0. The maximum absolute atomic E-state index is 13.3. The normalized spacial score (nSPS) is 12.1. The predicted molar refractivity (Wildman–Crippen MR) is 133 cm³/mol. The summed E-state index contributed by atoms with van der Waals surface area (Å²) in [5.41, 5.74) is 1.46. The van der Waals surface area contributed by atoms with E-state index in [4.69, 9.17) is 11.6 Å². The Morgan fingerprint density at radius 2 is 1.78 bits per heavy atom. The molecular formula is C23H28ClN3O3S2. The van der Waals surface area contributed by atoms with Crippen LogP contribution in [0.15, 0.2) is 47.4 Å². The SMILES string of the molecule is CC(C)S(=O)(=O)c1ccc(CC(=O)N(CCCN(C)C)c2nc3c(Cl)cccc3s2)cc1. The Morgan fingerprint density at radius 3 is 2.38 bits per heavy atom. The number of nitrogens with zero attached hydrogens (tertiary/aromatic N) is 3. The van der Waals surface area contributed by atoms with Gasteiger partial charge in [-0.05, 0) is 70.7 Å². The zero-order chi connectivity index (χ0) is 23.5. The molecule has 172 valence electrons. The van der Waals surface area contributed by atoms with Crippen molar-refractivity contribution in [3.05, 3.63) is 53.1 Å². The lowest BCUT2D eigenvalue weighted by Gasteiger charge is -2.21.